The van der Waals surface area contributed by atoms with Crippen molar-refractivity contribution >= 4 is 28.3 Å². The molecule has 1 aromatic rings. The summed E-state index contributed by atoms with van der Waals surface area (Å²) >= 11 is 3.29. The van der Waals surface area contributed by atoms with Crippen molar-refractivity contribution in [3.8, 4) is 0 Å². The first-order valence-corrected chi connectivity index (χ1v) is 6.87. The molecule has 78 valence electrons. The Morgan fingerprint density at radius 1 is 1.36 bits per heavy atom. The van der Waals surface area contributed by atoms with Gasteiger partial charge in [0.05, 0.1) is 0 Å². The molecule has 0 aromatic carbocycles. The van der Waals surface area contributed by atoms with Gasteiger partial charge < -0.3 is 5.73 Å². The van der Waals surface area contributed by atoms with Gasteiger partial charge in [-0.15, -0.1) is 5.10 Å². The third kappa shape index (κ3) is 2.60. The first kappa shape index (κ1) is 10.2. The maximum absolute atomic E-state index is 5.74. The molecule has 0 amide bonds. The van der Waals surface area contributed by atoms with E-state index in [1.807, 2.05) is 11.8 Å². The number of hydrogen-bond donors (Lipinski definition) is 1. The zero-order valence-corrected chi connectivity index (χ0v) is 9.74. The van der Waals surface area contributed by atoms with Crippen LogP contribution >= 0.6 is 23.3 Å². The van der Waals surface area contributed by atoms with Crippen LogP contribution in [-0.2, 0) is 5.75 Å². The second kappa shape index (κ2) is 4.98. The van der Waals surface area contributed by atoms with E-state index in [9.17, 15) is 0 Å². The lowest BCUT2D eigenvalue weighted by Crippen LogP contribution is -2.08. The standard InChI is InChI=1S/C9H15N3S2/c10-9-8(11-12-14-9)6-13-7-4-2-1-3-5-7/h7H,1-6,10H2. The summed E-state index contributed by atoms with van der Waals surface area (Å²) in [5.41, 5.74) is 6.71. The van der Waals surface area contributed by atoms with Gasteiger partial charge in [0.25, 0.3) is 0 Å². The highest BCUT2D eigenvalue weighted by atomic mass is 32.2. The summed E-state index contributed by atoms with van der Waals surface area (Å²) < 4.78 is 3.84. The number of nitrogens with zero attached hydrogens (tertiary/aromatic N) is 2. The minimum Gasteiger partial charge on any atom is -0.388 e. The zero-order valence-electron chi connectivity index (χ0n) is 8.11. The normalized spacial score (nSPS) is 18.6. The van der Waals surface area contributed by atoms with Crippen molar-refractivity contribution in [1.29, 1.82) is 0 Å². The van der Waals surface area contributed by atoms with E-state index in [1.54, 1.807) is 0 Å². The van der Waals surface area contributed by atoms with Crippen LogP contribution in [0.3, 0.4) is 0 Å². The van der Waals surface area contributed by atoms with Crippen LogP contribution in [0.15, 0.2) is 0 Å². The highest BCUT2D eigenvalue weighted by Crippen LogP contribution is 2.31. The van der Waals surface area contributed by atoms with Crippen molar-refractivity contribution in [2.24, 2.45) is 0 Å². The SMILES string of the molecule is Nc1snnc1CSC1CCCCC1. The second-order valence-corrected chi connectivity index (χ2v) is 5.73. The maximum Gasteiger partial charge on any atom is 0.131 e. The van der Waals surface area contributed by atoms with Crippen molar-refractivity contribution in [1.82, 2.24) is 9.59 Å². The Morgan fingerprint density at radius 2 is 2.14 bits per heavy atom. The molecule has 2 N–H and O–H groups in total. The molecular weight excluding hydrogens is 214 g/mol. The van der Waals surface area contributed by atoms with Gasteiger partial charge in [-0.05, 0) is 12.8 Å². The zero-order chi connectivity index (χ0) is 9.80. The summed E-state index contributed by atoms with van der Waals surface area (Å²) in [5.74, 6) is 0.938. The molecule has 0 unspecified atom stereocenters. The lowest BCUT2D eigenvalue weighted by Gasteiger charge is -2.20. The molecule has 0 aliphatic heterocycles. The van der Waals surface area contributed by atoms with Gasteiger partial charge in [-0.2, -0.15) is 11.8 Å². The van der Waals surface area contributed by atoms with Crippen LogP contribution in [0.4, 0.5) is 5.00 Å². The fraction of sp³-hybridized carbons (Fsp3) is 0.778. The number of rotatable bonds is 3. The third-order valence-electron chi connectivity index (χ3n) is 2.59. The first-order chi connectivity index (χ1) is 6.86. The van der Waals surface area contributed by atoms with Gasteiger partial charge in [-0.3, -0.25) is 0 Å². The summed E-state index contributed by atoms with van der Waals surface area (Å²) in [5, 5.41) is 5.63. The Kier molecular flexibility index (Phi) is 3.64. The Balaban J connectivity index is 1.79. The van der Waals surface area contributed by atoms with Crippen molar-refractivity contribution in [2.75, 3.05) is 5.73 Å². The van der Waals surface area contributed by atoms with E-state index in [2.05, 4.69) is 9.59 Å². The van der Waals surface area contributed by atoms with Gasteiger partial charge in [0, 0.05) is 22.5 Å². The molecule has 1 fully saturated rings. The summed E-state index contributed by atoms with van der Waals surface area (Å²) in [7, 11) is 0. The Bertz CT molecular complexity index is 281. The van der Waals surface area contributed by atoms with E-state index < -0.39 is 0 Å². The van der Waals surface area contributed by atoms with Crippen molar-refractivity contribution in [2.45, 2.75) is 43.1 Å². The fourth-order valence-corrected chi connectivity index (χ4v) is 3.55. The molecule has 1 aliphatic carbocycles. The van der Waals surface area contributed by atoms with Crippen LogP contribution in [0.5, 0.6) is 0 Å². The number of thioether (sulfide) groups is 1. The van der Waals surface area contributed by atoms with Gasteiger partial charge in [0.1, 0.15) is 10.7 Å². The van der Waals surface area contributed by atoms with Crippen LogP contribution in [0.2, 0.25) is 0 Å². The van der Waals surface area contributed by atoms with Crippen LogP contribution in [0.25, 0.3) is 0 Å². The number of hydrogen-bond acceptors (Lipinski definition) is 5. The smallest absolute Gasteiger partial charge is 0.131 e. The number of aromatic nitrogens is 2. The molecule has 0 saturated heterocycles. The van der Waals surface area contributed by atoms with E-state index in [4.69, 9.17) is 5.73 Å². The minimum atomic E-state index is 0.785. The lowest BCUT2D eigenvalue weighted by molar-refractivity contribution is 0.516. The van der Waals surface area contributed by atoms with E-state index >= 15 is 0 Å². The predicted octanol–water partition coefficient (Wildman–Crippen LogP) is 2.69. The average molecular weight is 229 g/mol. The van der Waals surface area contributed by atoms with Crippen LogP contribution in [0, 0.1) is 0 Å². The monoisotopic (exact) mass is 229 g/mol. The summed E-state index contributed by atoms with van der Waals surface area (Å²) in [6.45, 7) is 0. The number of nitrogen functional groups attached to an aromatic ring is 1. The molecule has 3 nitrogen and oxygen atoms in total. The molecule has 14 heavy (non-hydrogen) atoms. The van der Waals surface area contributed by atoms with Crippen LogP contribution in [-0.4, -0.2) is 14.8 Å². The molecule has 1 aromatic heterocycles. The topological polar surface area (TPSA) is 51.8 Å². The van der Waals surface area contributed by atoms with E-state index in [1.165, 1.54) is 43.6 Å². The fourth-order valence-electron chi connectivity index (χ4n) is 1.74. The molecule has 1 aliphatic rings. The quantitative estimate of drug-likeness (QED) is 0.866. The molecule has 5 heteroatoms. The molecular formula is C9H15N3S2. The third-order valence-corrected chi connectivity index (χ3v) is 4.57. The van der Waals surface area contributed by atoms with E-state index in [-0.39, 0.29) is 0 Å². The lowest BCUT2D eigenvalue weighted by atomic mass is 10.0. The average Bonchev–Trinajstić information content (AvgIpc) is 2.63. The van der Waals surface area contributed by atoms with Gasteiger partial charge in [0.15, 0.2) is 0 Å². The minimum absolute atomic E-state index is 0.785. The summed E-state index contributed by atoms with van der Waals surface area (Å²) in [4.78, 5) is 0. The van der Waals surface area contributed by atoms with Crippen molar-refractivity contribution in [3.05, 3.63) is 5.69 Å². The number of nitrogens with two attached hydrogens (primary N) is 1. The van der Waals surface area contributed by atoms with Gasteiger partial charge in [-0.1, -0.05) is 23.8 Å². The van der Waals surface area contributed by atoms with Crippen molar-refractivity contribution < 1.29 is 0 Å². The predicted molar refractivity (Wildman–Crippen MR) is 62.5 cm³/mol. The van der Waals surface area contributed by atoms with Crippen LogP contribution < -0.4 is 5.73 Å². The second-order valence-electron chi connectivity index (χ2n) is 3.65. The van der Waals surface area contributed by atoms with Gasteiger partial charge in [-0.25, -0.2) is 0 Å². The van der Waals surface area contributed by atoms with Crippen molar-refractivity contribution in [3.63, 3.8) is 0 Å². The van der Waals surface area contributed by atoms with Crippen LogP contribution in [0.1, 0.15) is 37.8 Å². The molecule has 2 rings (SSSR count). The highest BCUT2D eigenvalue weighted by molar-refractivity contribution is 7.99. The van der Waals surface area contributed by atoms with E-state index in [0.717, 1.165) is 21.7 Å². The molecule has 0 spiro atoms. The molecule has 0 radical (unpaired) electrons. The summed E-state index contributed by atoms with van der Waals surface area (Å²) in [6.07, 6.45) is 6.92. The molecule has 0 atom stereocenters. The summed E-state index contributed by atoms with van der Waals surface area (Å²) in [6, 6.07) is 0. The Hall–Kier alpha value is -0.290. The largest absolute Gasteiger partial charge is 0.388 e. The van der Waals surface area contributed by atoms with Gasteiger partial charge in [0.2, 0.25) is 0 Å². The Labute approximate surface area is 92.6 Å². The van der Waals surface area contributed by atoms with E-state index in [0.29, 0.717) is 0 Å². The molecule has 1 heterocycles. The number of anilines is 1. The van der Waals surface area contributed by atoms with Gasteiger partial charge >= 0.3 is 0 Å². The molecule has 1 saturated carbocycles. The first-order valence-electron chi connectivity index (χ1n) is 5.04. The Morgan fingerprint density at radius 3 is 2.79 bits per heavy atom. The molecule has 0 bridgehead atoms. The highest BCUT2D eigenvalue weighted by Gasteiger charge is 2.15. The maximum atomic E-state index is 5.74.